The second kappa shape index (κ2) is 5.27. The normalized spacial score (nSPS) is 18.6. The molecule has 1 aliphatic heterocycles. The topological polar surface area (TPSA) is 86.7 Å². The Morgan fingerprint density at radius 3 is 2.79 bits per heavy atom. The number of nitrogens with zero attached hydrogens (tertiary/aromatic N) is 1. The first kappa shape index (κ1) is 13.4. The van der Waals surface area contributed by atoms with Gasteiger partial charge in [-0.3, -0.25) is 9.59 Å². The number of urea groups is 1. The molecule has 1 fully saturated rings. The molecule has 6 nitrogen and oxygen atoms in total. The average molecular weight is 283 g/mol. The van der Waals surface area contributed by atoms with E-state index >= 15 is 0 Å². The number of benzene rings is 1. The number of anilines is 1. The van der Waals surface area contributed by atoms with Gasteiger partial charge in [-0.1, -0.05) is 17.7 Å². The fourth-order valence-corrected chi connectivity index (χ4v) is 2.04. The first-order valence-corrected chi connectivity index (χ1v) is 5.98. The molecule has 2 rings (SSSR count). The summed E-state index contributed by atoms with van der Waals surface area (Å²) in [5.41, 5.74) is 0.368. The Morgan fingerprint density at radius 1 is 1.42 bits per heavy atom. The number of carboxylic acids is 1. The molecule has 1 aromatic carbocycles. The van der Waals surface area contributed by atoms with Gasteiger partial charge in [0.15, 0.2) is 0 Å². The molecule has 0 aromatic heterocycles. The molecule has 7 heteroatoms. The van der Waals surface area contributed by atoms with Gasteiger partial charge in [0.05, 0.1) is 5.69 Å². The van der Waals surface area contributed by atoms with Gasteiger partial charge >= 0.3 is 12.0 Å². The number of amides is 3. The van der Waals surface area contributed by atoms with E-state index in [0.717, 1.165) is 4.90 Å². The summed E-state index contributed by atoms with van der Waals surface area (Å²) in [4.78, 5) is 35.3. The predicted octanol–water partition coefficient (Wildman–Crippen LogP) is 1.63. The highest BCUT2D eigenvalue weighted by atomic mass is 35.5. The lowest BCUT2D eigenvalue weighted by Gasteiger charge is -2.12. The minimum absolute atomic E-state index is 0.0664. The van der Waals surface area contributed by atoms with Crippen LogP contribution in [0.3, 0.4) is 0 Å². The quantitative estimate of drug-likeness (QED) is 0.822. The van der Waals surface area contributed by atoms with E-state index in [9.17, 15) is 14.4 Å². The summed E-state index contributed by atoms with van der Waals surface area (Å²) >= 11 is 5.81. The van der Waals surface area contributed by atoms with E-state index in [0.29, 0.717) is 10.7 Å². The third kappa shape index (κ3) is 2.85. The number of rotatable bonds is 4. The number of carbonyl (C=O) groups is 3. The molecular weight excluding hydrogens is 272 g/mol. The van der Waals surface area contributed by atoms with Crippen molar-refractivity contribution < 1.29 is 19.5 Å². The Labute approximate surface area is 114 Å². The summed E-state index contributed by atoms with van der Waals surface area (Å²) < 4.78 is 0. The molecule has 0 spiro atoms. The van der Waals surface area contributed by atoms with Crippen LogP contribution in [0.2, 0.25) is 5.02 Å². The van der Waals surface area contributed by atoms with Crippen molar-refractivity contribution in [2.45, 2.75) is 18.9 Å². The Hall–Kier alpha value is -2.08. The minimum Gasteiger partial charge on any atom is -0.481 e. The maximum atomic E-state index is 12.0. The number of hydrogen-bond donors (Lipinski definition) is 2. The third-order valence-electron chi connectivity index (χ3n) is 2.73. The first-order chi connectivity index (χ1) is 8.99. The molecule has 1 saturated heterocycles. The number of nitrogens with one attached hydrogen (secondary N) is 1. The van der Waals surface area contributed by atoms with Crippen LogP contribution in [0.1, 0.15) is 12.8 Å². The smallest absolute Gasteiger partial charge is 0.329 e. The number of imide groups is 1. The fraction of sp³-hybridized carbons (Fsp3) is 0.250. The van der Waals surface area contributed by atoms with Crippen LogP contribution in [0.5, 0.6) is 0 Å². The summed E-state index contributed by atoms with van der Waals surface area (Å²) in [7, 11) is 0. The fourth-order valence-electron chi connectivity index (χ4n) is 1.85. The Morgan fingerprint density at radius 2 is 2.16 bits per heavy atom. The predicted molar refractivity (Wildman–Crippen MR) is 68.1 cm³/mol. The van der Waals surface area contributed by atoms with Crippen molar-refractivity contribution in [3.63, 3.8) is 0 Å². The van der Waals surface area contributed by atoms with Gasteiger partial charge in [0, 0.05) is 11.4 Å². The van der Waals surface area contributed by atoms with E-state index in [1.54, 1.807) is 18.2 Å². The molecule has 3 amide bonds. The van der Waals surface area contributed by atoms with E-state index in [1.165, 1.54) is 6.07 Å². The number of carboxylic acid groups (broad SMARTS) is 1. The molecule has 2 N–H and O–H groups in total. The molecule has 0 radical (unpaired) electrons. The summed E-state index contributed by atoms with van der Waals surface area (Å²) in [6, 6.07) is 4.97. The van der Waals surface area contributed by atoms with Gasteiger partial charge in [-0.05, 0) is 24.6 Å². The van der Waals surface area contributed by atoms with Gasteiger partial charge in [-0.25, -0.2) is 9.69 Å². The zero-order chi connectivity index (χ0) is 14.0. The van der Waals surface area contributed by atoms with Gasteiger partial charge in [-0.2, -0.15) is 0 Å². The van der Waals surface area contributed by atoms with Crippen LogP contribution in [0, 0.1) is 0 Å². The molecular formula is C12H11ClN2O4. The van der Waals surface area contributed by atoms with E-state index in [2.05, 4.69) is 5.32 Å². The lowest BCUT2D eigenvalue weighted by atomic mass is 10.1. The van der Waals surface area contributed by atoms with Crippen LogP contribution in [-0.2, 0) is 9.59 Å². The van der Waals surface area contributed by atoms with Crippen LogP contribution < -0.4 is 10.2 Å². The van der Waals surface area contributed by atoms with Gasteiger partial charge in [0.25, 0.3) is 5.91 Å². The van der Waals surface area contributed by atoms with E-state index in [-0.39, 0.29) is 12.8 Å². The standard InChI is InChI=1S/C12H11ClN2O4/c13-7-2-1-3-8(6-7)15-11(18)9(14-12(15)19)4-5-10(16)17/h1-3,6,9H,4-5H2,(H,14,19)(H,16,17). The number of carbonyl (C=O) groups excluding carboxylic acids is 2. The largest absolute Gasteiger partial charge is 0.481 e. The summed E-state index contributed by atoms with van der Waals surface area (Å²) in [6.45, 7) is 0. The summed E-state index contributed by atoms with van der Waals surface area (Å²) in [5, 5.41) is 11.5. The van der Waals surface area contributed by atoms with Crippen molar-refractivity contribution in [2.75, 3.05) is 4.90 Å². The summed E-state index contributed by atoms with van der Waals surface area (Å²) in [6.07, 6.45) is -0.114. The SMILES string of the molecule is O=C(O)CCC1NC(=O)N(c2cccc(Cl)c2)C1=O. The van der Waals surface area contributed by atoms with Crippen LogP contribution >= 0.6 is 11.6 Å². The molecule has 1 aliphatic rings. The second-order valence-corrected chi connectivity index (χ2v) is 4.52. The Kier molecular flexibility index (Phi) is 3.71. The van der Waals surface area contributed by atoms with Gasteiger partial charge < -0.3 is 10.4 Å². The molecule has 100 valence electrons. The van der Waals surface area contributed by atoms with E-state index < -0.39 is 23.9 Å². The maximum absolute atomic E-state index is 12.0. The highest BCUT2D eigenvalue weighted by Crippen LogP contribution is 2.24. The molecule has 1 atom stereocenters. The van der Waals surface area contributed by atoms with Crippen LogP contribution in [0.25, 0.3) is 0 Å². The first-order valence-electron chi connectivity index (χ1n) is 5.61. The van der Waals surface area contributed by atoms with Gasteiger partial charge in [0.2, 0.25) is 0 Å². The minimum atomic E-state index is -1.01. The molecule has 0 saturated carbocycles. The van der Waals surface area contributed by atoms with E-state index in [1.807, 2.05) is 0 Å². The third-order valence-corrected chi connectivity index (χ3v) is 2.97. The number of hydrogen-bond acceptors (Lipinski definition) is 3. The lowest BCUT2D eigenvalue weighted by Crippen LogP contribution is -2.31. The average Bonchev–Trinajstić information content (AvgIpc) is 2.62. The van der Waals surface area contributed by atoms with E-state index in [4.69, 9.17) is 16.7 Å². The second-order valence-electron chi connectivity index (χ2n) is 4.09. The molecule has 1 heterocycles. The van der Waals surface area contributed by atoms with Crippen molar-refractivity contribution >= 4 is 35.2 Å². The zero-order valence-electron chi connectivity index (χ0n) is 9.80. The van der Waals surface area contributed by atoms with Crippen molar-refractivity contribution in [2.24, 2.45) is 0 Å². The monoisotopic (exact) mass is 282 g/mol. The van der Waals surface area contributed by atoms with Gasteiger partial charge in [-0.15, -0.1) is 0 Å². The van der Waals surface area contributed by atoms with Crippen molar-refractivity contribution in [3.8, 4) is 0 Å². The number of halogens is 1. The van der Waals surface area contributed by atoms with Crippen molar-refractivity contribution in [1.29, 1.82) is 0 Å². The molecule has 1 unspecified atom stereocenters. The zero-order valence-corrected chi connectivity index (χ0v) is 10.6. The Balaban J connectivity index is 2.17. The van der Waals surface area contributed by atoms with Crippen molar-refractivity contribution in [3.05, 3.63) is 29.3 Å². The van der Waals surface area contributed by atoms with Crippen molar-refractivity contribution in [1.82, 2.24) is 5.32 Å². The highest BCUT2D eigenvalue weighted by Gasteiger charge is 2.38. The maximum Gasteiger partial charge on any atom is 0.329 e. The Bertz CT molecular complexity index is 546. The molecule has 0 bridgehead atoms. The van der Waals surface area contributed by atoms with Crippen LogP contribution in [-0.4, -0.2) is 29.1 Å². The lowest BCUT2D eigenvalue weighted by molar-refractivity contribution is -0.137. The van der Waals surface area contributed by atoms with Crippen LogP contribution in [0.15, 0.2) is 24.3 Å². The van der Waals surface area contributed by atoms with Gasteiger partial charge in [0.1, 0.15) is 6.04 Å². The number of aliphatic carboxylic acids is 1. The highest BCUT2D eigenvalue weighted by molar-refractivity contribution is 6.31. The molecule has 19 heavy (non-hydrogen) atoms. The van der Waals surface area contributed by atoms with Crippen LogP contribution in [0.4, 0.5) is 10.5 Å². The molecule has 0 aliphatic carbocycles. The molecule has 1 aromatic rings. The summed E-state index contributed by atoms with van der Waals surface area (Å²) in [5.74, 6) is -1.48.